The van der Waals surface area contributed by atoms with Crippen molar-refractivity contribution >= 4 is 0 Å². The number of aryl methyl sites for hydroxylation is 1. The van der Waals surface area contributed by atoms with Crippen LogP contribution >= 0.6 is 0 Å². The Morgan fingerprint density at radius 3 is 2.62 bits per heavy atom. The lowest BCUT2D eigenvalue weighted by Gasteiger charge is -2.12. The fourth-order valence-electron chi connectivity index (χ4n) is 1.63. The fourth-order valence-corrected chi connectivity index (χ4v) is 1.63. The molecule has 2 nitrogen and oxygen atoms in total. The zero-order valence-electron chi connectivity index (χ0n) is 10.8. The van der Waals surface area contributed by atoms with Gasteiger partial charge in [-0.05, 0) is 38.9 Å². The molecule has 0 aromatic carbocycles. The molecule has 0 aliphatic heterocycles. The summed E-state index contributed by atoms with van der Waals surface area (Å²) >= 11 is 0. The molecule has 0 aliphatic rings. The first-order valence-corrected chi connectivity index (χ1v) is 6.14. The molecule has 0 radical (unpaired) electrons. The second-order valence-electron chi connectivity index (χ2n) is 4.33. The van der Waals surface area contributed by atoms with Gasteiger partial charge in [0.15, 0.2) is 0 Å². The van der Waals surface area contributed by atoms with Crippen LogP contribution in [-0.4, -0.2) is 6.54 Å². The van der Waals surface area contributed by atoms with E-state index in [1.165, 1.54) is 5.57 Å². The third-order valence-electron chi connectivity index (χ3n) is 2.45. The van der Waals surface area contributed by atoms with Gasteiger partial charge in [-0.3, -0.25) is 0 Å². The van der Waals surface area contributed by atoms with Gasteiger partial charge in [0.2, 0.25) is 0 Å². The second-order valence-corrected chi connectivity index (χ2v) is 4.33. The van der Waals surface area contributed by atoms with Crippen molar-refractivity contribution in [1.82, 2.24) is 5.32 Å². The highest BCUT2D eigenvalue weighted by Gasteiger charge is 2.11. The minimum atomic E-state index is 0.213. The van der Waals surface area contributed by atoms with Crippen LogP contribution in [0.1, 0.15) is 51.7 Å². The maximum Gasteiger partial charge on any atom is 0.125 e. The van der Waals surface area contributed by atoms with Crippen molar-refractivity contribution < 1.29 is 4.42 Å². The first-order valence-electron chi connectivity index (χ1n) is 6.14. The van der Waals surface area contributed by atoms with E-state index in [1.54, 1.807) is 0 Å². The number of nitrogens with one attached hydrogen (secondary N) is 1. The van der Waals surface area contributed by atoms with E-state index < -0.39 is 0 Å². The van der Waals surface area contributed by atoms with Crippen LogP contribution in [0.5, 0.6) is 0 Å². The molecular formula is C14H23NO. The first kappa shape index (κ1) is 13.0. The molecule has 0 aliphatic carbocycles. The molecule has 1 aromatic rings. The van der Waals surface area contributed by atoms with Crippen LogP contribution in [-0.2, 0) is 6.42 Å². The van der Waals surface area contributed by atoms with Gasteiger partial charge in [-0.25, -0.2) is 0 Å². The summed E-state index contributed by atoms with van der Waals surface area (Å²) in [4.78, 5) is 0. The van der Waals surface area contributed by atoms with Gasteiger partial charge in [-0.15, -0.1) is 0 Å². The van der Waals surface area contributed by atoms with Crippen molar-refractivity contribution in [2.45, 2.75) is 46.6 Å². The summed E-state index contributed by atoms with van der Waals surface area (Å²) in [7, 11) is 0. The summed E-state index contributed by atoms with van der Waals surface area (Å²) in [5, 5.41) is 3.48. The summed E-state index contributed by atoms with van der Waals surface area (Å²) in [6.45, 7) is 9.52. The van der Waals surface area contributed by atoms with Crippen LogP contribution in [0.2, 0.25) is 0 Å². The van der Waals surface area contributed by atoms with Crippen LogP contribution in [0.3, 0.4) is 0 Å². The Bertz CT molecular complexity index is 334. The summed E-state index contributed by atoms with van der Waals surface area (Å²) in [5.41, 5.74) is 1.31. The van der Waals surface area contributed by atoms with Crippen LogP contribution < -0.4 is 5.32 Å². The lowest BCUT2D eigenvalue weighted by Crippen LogP contribution is -2.20. The second kappa shape index (κ2) is 6.54. The molecule has 1 aromatic heterocycles. The highest BCUT2D eigenvalue weighted by atomic mass is 16.3. The standard InChI is InChI=1S/C14H23NO/c1-5-9-15-13(10-11(3)4)14-8-7-12(6-2)16-14/h7-8,10,13,15H,5-6,9H2,1-4H3. The average molecular weight is 221 g/mol. The molecule has 1 N–H and O–H groups in total. The first-order chi connectivity index (χ1) is 7.67. The summed E-state index contributed by atoms with van der Waals surface area (Å²) in [6.07, 6.45) is 4.30. The molecule has 1 heterocycles. The van der Waals surface area contributed by atoms with Crippen molar-refractivity contribution in [3.05, 3.63) is 35.3 Å². The molecular weight excluding hydrogens is 198 g/mol. The maximum absolute atomic E-state index is 5.79. The van der Waals surface area contributed by atoms with Crippen molar-refractivity contribution in [1.29, 1.82) is 0 Å². The van der Waals surface area contributed by atoms with E-state index in [9.17, 15) is 0 Å². The molecule has 0 saturated carbocycles. The SMILES string of the molecule is CCCNC(C=C(C)C)c1ccc(CC)o1. The van der Waals surface area contributed by atoms with Gasteiger partial charge in [0, 0.05) is 6.42 Å². The summed E-state index contributed by atoms with van der Waals surface area (Å²) in [5.74, 6) is 2.08. The lowest BCUT2D eigenvalue weighted by atomic mass is 10.1. The largest absolute Gasteiger partial charge is 0.464 e. The minimum Gasteiger partial charge on any atom is -0.464 e. The fraction of sp³-hybridized carbons (Fsp3) is 0.571. The number of hydrogen-bond acceptors (Lipinski definition) is 2. The predicted molar refractivity (Wildman–Crippen MR) is 68.6 cm³/mol. The van der Waals surface area contributed by atoms with Gasteiger partial charge in [0.1, 0.15) is 11.5 Å². The van der Waals surface area contributed by atoms with Crippen molar-refractivity contribution in [3.8, 4) is 0 Å². The van der Waals surface area contributed by atoms with Crippen molar-refractivity contribution in [2.24, 2.45) is 0 Å². The van der Waals surface area contributed by atoms with Crippen LogP contribution in [0.15, 0.2) is 28.2 Å². The number of furan rings is 1. The van der Waals surface area contributed by atoms with Gasteiger partial charge in [-0.2, -0.15) is 0 Å². The highest BCUT2D eigenvalue weighted by Crippen LogP contribution is 2.19. The van der Waals surface area contributed by atoms with E-state index in [0.717, 1.165) is 30.9 Å². The summed E-state index contributed by atoms with van der Waals surface area (Å²) < 4.78 is 5.79. The Kier molecular flexibility index (Phi) is 5.33. The molecule has 16 heavy (non-hydrogen) atoms. The quantitative estimate of drug-likeness (QED) is 0.738. The van der Waals surface area contributed by atoms with E-state index in [1.807, 2.05) is 0 Å². The highest BCUT2D eigenvalue weighted by molar-refractivity contribution is 5.17. The summed E-state index contributed by atoms with van der Waals surface area (Å²) in [6, 6.07) is 4.35. The monoisotopic (exact) mass is 221 g/mol. The zero-order valence-corrected chi connectivity index (χ0v) is 10.8. The lowest BCUT2D eigenvalue weighted by molar-refractivity contribution is 0.426. The Balaban J connectivity index is 2.78. The van der Waals surface area contributed by atoms with E-state index in [0.29, 0.717) is 0 Å². The molecule has 0 amide bonds. The molecule has 1 rings (SSSR count). The smallest absolute Gasteiger partial charge is 0.125 e. The van der Waals surface area contributed by atoms with Crippen molar-refractivity contribution in [2.75, 3.05) is 6.54 Å². The molecule has 2 heteroatoms. The molecule has 1 atom stereocenters. The Hall–Kier alpha value is -1.02. The van der Waals surface area contributed by atoms with Crippen LogP contribution in [0.25, 0.3) is 0 Å². The van der Waals surface area contributed by atoms with Gasteiger partial charge < -0.3 is 9.73 Å². The van der Waals surface area contributed by atoms with Gasteiger partial charge in [0.25, 0.3) is 0 Å². The topological polar surface area (TPSA) is 25.2 Å². The van der Waals surface area contributed by atoms with Gasteiger partial charge >= 0.3 is 0 Å². The van der Waals surface area contributed by atoms with E-state index in [2.05, 4.69) is 51.2 Å². The molecule has 0 fully saturated rings. The predicted octanol–water partition coefficient (Wildman–Crippen LogP) is 3.85. The molecule has 0 spiro atoms. The van der Waals surface area contributed by atoms with Gasteiger partial charge in [-0.1, -0.05) is 25.5 Å². The Morgan fingerprint density at radius 2 is 2.12 bits per heavy atom. The average Bonchev–Trinajstić information content (AvgIpc) is 2.72. The van der Waals surface area contributed by atoms with Crippen molar-refractivity contribution in [3.63, 3.8) is 0 Å². The van der Waals surface area contributed by atoms with E-state index >= 15 is 0 Å². The van der Waals surface area contributed by atoms with E-state index in [4.69, 9.17) is 4.42 Å². The molecule has 90 valence electrons. The Labute approximate surface area is 98.7 Å². The molecule has 0 bridgehead atoms. The Morgan fingerprint density at radius 1 is 1.38 bits per heavy atom. The normalized spacial score (nSPS) is 12.5. The van der Waals surface area contributed by atoms with Crippen LogP contribution in [0.4, 0.5) is 0 Å². The number of rotatable bonds is 6. The molecule has 1 unspecified atom stereocenters. The zero-order chi connectivity index (χ0) is 12.0. The number of hydrogen-bond donors (Lipinski definition) is 1. The maximum atomic E-state index is 5.79. The van der Waals surface area contributed by atoms with Crippen LogP contribution in [0, 0.1) is 0 Å². The third-order valence-corrected chi connectivity index (χ3v) is 2.45. The number of allylic oxidation sites excluding steroid dienone is 1. The van der Waals surface area contributed by atoms with E-state index in [-0.39, 0.29) is 6.04 Å². The molecule has 0 saturated heterocycles. The van der Waals surface area contributed by atoms with Gasteiger partial charge in [0.05, 0.1) is 6.04 Å². The minimum absolute atomic E-state index is 0.213. The third kappa shape index (κ3) is 3.86.